The summed E-state index contributed by atoms with van der Waals surface area (Å²) in [5.41, 5.74) is 0.213. The average Bonchev–Trinajstić information content (AvgIpc) is 2.86. The lowest BCUT2D eigenvalue weighted by Crippen LogP contribution is -2.49. The minimum Gasteiger partial charge on any atom is -0.490 e. The van der Waals surface area contributed by atoms with Crippen molar-refractivity contribution >= 4 is 17.5 Å². The van der Waals surface area contributed by atoms with Crippen LogP contribution in [0.1, 0.15) is 49.2 Å². The highest BCUT2D eigenvalue weighted by molar-refractivity contribution is 6.03. The van der Waals surface area contributed by atoms with Gasteiger partial charge in [-0.3, -0.25) is 14.6 Å². The minimum atomic E-state index is -1.13. The molecule has 8 heteroatoms. The number of fused-ring (bicyclic) bond motifs is 1. The number of anilines is 1. The van der Waals surface area contributed by atoms with Gasteiger partial charge in [-0.15, -0.1) is 0 Å². The Kier molecular flexibility index (Phi) is 6.25. The van der Waals surface area contributed by atoms with Crippen LogP contribution >= 0.6 is 0 Å². The van der Waals surface area contributed by atoms with Gasteiger partial charge >= 0.3 is 0 Å². The lowest BCUT2D eigenvalue weighted by atomic mass is 9.96. The number of aromatic nitrogens is 1. The highest BCUT2D eigenvalue weighted by Crippen LogP contribution is 2.31. The van der Waals surface area contributed by atoms with Crippen molar-refractivity contribution in [3.05, 3.63) is 47.8 Å². The van der Waals surface area contributed by atoms with E-state index in [1.54, 1.807) is 51.2 Å². The third-order valence-electron chi connectivity index (χ3n) is 5.49. The molecule has 4 rings (SSSR count). The van der Waals surface area contributed by atoms with Gasteiger partial charge in [-0.25, -0.2) is 0 Å². The summed E-state index contributed by atoms with van der Waals surface area (Å²) in [6.07, 6.45) is 4.87. The van der Waals surface area contributed by atoms with Crippen LogP contribution in [0, 0.1) is 11.8 Å². The zero-order valence-corrected chi connectivity index (χ0v) is 18.9. The average molecular weight is 450 g/mol. The molecule has 1 aromatic carbocycles. The molecular weight excluding hydrogens is 422 g/mol. The van der Waals surface area contributed by atoms with Crippen molar-refractivity contribution in [2.24, 2.45) is 0 Å². The Balaban J connectivity index is 1.47. The number of nitrogens with zero attached hydrogens (tertiary/aromatic N) is 2. The Morgan fingerprint density at radius 1 is 1.30 bits per heavy atom. The lowest BCUT2D eigenvalue weighted by molar-refractivity contribution is -0.120. The summed E-state index contributed by atoms with van der Waals surface area (Å²) >= 11 is 0. The Hall–Kier alpha value is -3.57. The normalized spacial score (nSPS) is 18.1. The van der Waals surface area contributed by atoms with E-state index in [4.69, 9.17) is 9.47 Å². The molecule has 2 heterocycles. The van der Waals surface area contributed by atoms with Gasteiger partial charge in [-0.2, -0.15) is 0 Å². The summed E-state index contributed by atoms with van der Waals surface area (Å²) < 4.78 is 11.7. The van der Waals surface area contributed by atoms with Crippen molar-refractivity contribution in [3.8, 4) is 23.3 Å². The number of hydrogen-bond donors (Lipinski definition) is 2. The maximum Gasteiger partial charge on any atom is 0.270 e. The molecule has 0 unspecified atom stereocenters. The summed E-state index contributed by atoms with van der Waals surface area (Å²) in [6.45, 7) is 3.17. The number of aliphatic hydroxyl groups is 1. The zero-order valence-electron chi connectivity index (χ0n) is 18.9. The topological polar surface area (TPSA) is 101 Å². The molecule has 2 N–H and O–H groups in total. The second-order valence-electron chi connectivity index (χ2n) is 8.77. The number of ether oxygens (including phenoxy) is 2. The molecule has 0 radical (unpaired) electrons. The summed E-state index contributed by atoms with van der Waals surface area (Å²) in [5.74, 6) is 5.94. The van der Waals surface area contributed by atoms with Crippen molar-refractivity contribution in [3.63, 3.8) is 0 Å². The zero-order chi connectivity index (χ0) is 23.6. The first-order valence-corrected chi connectivity index (χ1v) is 10.9. The Morgan fingerprint density at radius 2 is 2.09 bits per heavy atom. The first-order chi connectivity index (χ1) is 15.7. The maximum atomic E-state index is 13.1. The second kappa shape index (κ2) is 9.12. The number of hydrogen-bond acceptors (Lipinski definition) is 6. The van der Waals surface area contributed by atoms with Gasteiger partial charge in [0.05, 0.1) is 11.8 Å². The van der Waals surface area contributed by atoms with Crippen LogP contribution in [0.4, 0.5) is 5.69 Å². The summed E-state index contributed by atoms with van der Waals surface area (Å²) in [4.78, 5) is 31.4. The molecular formula is C25H27N3O5. The molecule has 1 aliphatic carbocycles. The van der Waals surface area contributed by atoms with Crippen LogP contribution in [0.2, 0.25) is 0 Å². The number of amides is 2. The fourth-order valence-corrected chi connectivity index (χ4v) is 3.43. The van der Waals surface area contributed by atoms with Crippen LogP contribution in [0.25, 0.3) is 0 Å². The van der Waals surface area contributed by atoms with E-state index in [9.17, 15) is 14.7 Å². The number of pyridine rings is 1. The molecule has 2 aliphatic rings. The fraction of sp³-hybridized carbons (Fsp3) is 0.400. The van der Waals surface area contributed by atoms with E-state index in [-0.39, 0.29) is 24.3 Å². The molecule has 1 aromatic heterocycles. The van der Waals surface area contributed by atoms with Crippen molar-refractivity contribution in [1.82, 2.24) is 10.3 Å². The first kappa shape index (κ1) is 22.6. The van der Waals surface area contributed by atoms with Gasteiger partial charge in [-0.1, -0.05) is 11.8 Å². The number of likely N-dealkylation sites (N-methyl/N-ethyl adjacent to an activating group) is 1. The van der Waals surface area contributed by atoms with Crippen LogP contribution < -0.4 is 19.7 Å². The molecule has 1 aliphatic heterocycles. The van der Waals surface area contributed by atoms with E-state index >= 15 is 0 Å². The van der Waals surface area contributed by atoms with Crippen molar-refractivity contribution in [1.29, 1.82) is 0 Å². The Bertz CT molecular complexity index is 1120. The summed E-state index contributed by atoms with van der Waals surface area (Å²) in [7, 11) is 1.62. The van der Waals surface area contributed by atoms with Crippen LogP contribution in [0.5, 0.6) is 11.5 Å². The fourth-order valence-electron chi connectivity index (χ4n) is 3.43. The van der Waals surface area contributed by atoms with E-state index in [2.05, 4.69) is 22.1 Å². The van der Waals surface area contributed by atoms with E-state index in [1.165, 1.54) is 11.1 Å². The standard InChI is InChI=1S/C25H27N3O5/c1-25(2,31)11-9-16-7-8-22-21(13-16)28(3)24(30)20(15-32-22)27-23(29)19-14-18(10-12-26-19)33-17-5-4-6-17/h7-8,10,12-14,17,20,31H,4-6,15H2,1-3H3,(H,27,29)/t20-/m1/s1. The molecule has 1 fully saturated rings. The van der Waals surface area contributed by atoms with Crippen molar-refractivity contribution in [2.75, 3.05) is 18.6 Å². The predicted octanol–water partition coefficient (Wildman–Crippen LogP) is 2.29. The molecule has 0 saturated heterocycles. The SMILES string of the molecule is CN1C(=O)[C@H](NC(=O)c2cc(OC3CCC3)ccn2)COc2ccc(C#CC(C)(C)O)cc21. The van der Waals surface area contributed by atoms with E-state index in [0.717, 1.165) is 19.3 Å². The van der Waals surface area contributed by atoms with Crippen LogP contribution in [0.3, 0.4) is 0 Å². The minimum absolute atomic E-state index is 0.0190. The number of carbonyl (C=O) groups is 2. The van der Waals surface area contributed by atoms with E-state index in [1.807, 2.05) is 0 Å². The number of rotatable bonds is 4. The molecule has 0 spiro atoms. The first-order valence-electron chi connectivity index (χ1n) is 10.9. The Labute approximate surface area is 192 Å². The third kappa shape index (κ3) is 5.44. The molecule has 1 saturated carbocycles. The third-order valence-corrected chi connectivity index (χ3v) is 5.49. The molecule has 1 atom stereocenters. The second-order valence-corrected chi connectivity index (χ2v) is 8.77. The Morgan fingerprint density at radius 3 is 2.79 bits per heavy atom. The van der Waals surface area contributed by atoms with Crippen molar-refractivity contribution in [2.45, 2.75) is 50.9 Å². The molecule has 172 valence electrons. The molecule has 2 amide bonds. The van der Waals surface area contributed by atoms with Gasteiger partial charge in [0.25, 0.3) is 11.8 Å². The van der Waals surface area contributed by atoms with Gasteiger partial charge in [0.15, 0.2) is 0 Å². The van der Waals surface area contributed by atoms with Gasteiger partial charge in [0, 0.05) is 24.9 Å². The molecule has 0 bridgehead atoms. The number of benzene rings is 1. The summed E-state index contributed by atoms with van der Waals surface area (Å²) in [5, 5.41) is 12.6. The van der Waals surface area contributed by atoms with Crippen LogP contribution in [-0.2, 0) is 4.79 Å². The maximum absolute atomic E-state index is 13.1. The van der Waals surface area contributed by atoms with Crippen LogP contribution in [-0.4, -0.2) is 53.3 Å². The van der Waals surface area contributed by atoms with E-state index < -0.39 is 17.6 Å². The van der Waals surface area contributed by atoms with Gasteiger partial charge in [0.1, 0.15) is 35.4 Å². The summed E-state index contributed by atoms with van der Waals surface area (Å²) in [6, 6.07) is 7.62. The van der Waals surface area contributed by atoms with Crippen molar-refractivity contribution < 1.29 is 24.2 Å². The quantitative estimate of drug-likeness (QED) is 0.695. The largest absolute Gasteiger partial charge is 0.490 e. The lowest BCUT2D eigenvalue weighted by Gasteiger charge is -2.26. The van der Waals surface area contributed by atoms with Crippen LogP contribution in [0.15, 0.2) is 36.5 Å². The number of carbonyl (C=O) groups excluding carboxylic acids is 2. The monoisotopic (exact) mass is 449 g/mol. The van der Waals surface area contributed by atoms with Gasteiger partial charge in [0.2, 0.25) is 0 Å². The highest BCUT2D eigenvalue weighted by atomic mass is 16.5. The molecule has 2 aromatic rings. The number of nitrogens with one attached hydrogen (secondary N) is 1. The molecule has 33 heavy (non-hydrogen) atoms. The van der Waals surface area contributed by atoms with Gasteiger partial charge in [-0.05, 0) is 57.4 Å². The predicted molar refractivity (Wildman–Crippen MR) is 122 cm³/mol. The molecule has 8 nitrogen and oxygen atoms in total. The highest BCUT2D eigenvalue weighted by Gasteiger charge is 2.31. The van der Waals surface area contributed by atoms with Gasteiger partial charge < -0.3 is 24.8 Å². The smallest absolute Gasteiger partial charge is 0.270 e. The van der Waals surface area contributed by atoms with E-state index in [0.29, 0.717) is 22.7 Å².